The summed E-state index contributed by atoms with van der Waals surface area (Å²) in [6.45, 7) is 3.97. The number of ether oxygens (including phenoxy) is 2. The summed E-state index contributed by atoms with van der Waals surface area (Å²) >= 11 is 0. The predicted molar refractivity (Wildman–Crippen MR) is 63.5 cm³/mol. The Bertz CT molecular complexity index is 429. The first-order valence-corrected chi connectivity index (χ1v) is 5.21. The lowest BCUT2D eigenvalue weighted by Gasteiger charge is -2.10. The van der Waals surface area contributed by atoms with Crippen molar-refractivity contribution in [1.82, 2.24) is 0 Å². The van der Waals surface area contributed by atoms with E-state index in [2.05, 4.69) is 0 Å². The Hall–Kier alpha value is -2.04. The summed E-state index contributed by atoms with van der Waals surface area (Å²) < 4.78 is 10.5. The van der Waals surface area contributed by atoms with E-state index in [1.807, 2.05) is 0 Å². The van der Waals surface area contributed by atoms with Crippen LogP contribution in [0.25, 0.3) is 0 Å². The van der Waals surface area contributed by atoms with Crippen LogP contribution in [-0.2, 0) is 0 Å². The zero-order valence-electron chi connectivity index (χ0n) is 9.82. The lowest BCUT2D eigenvalue weighted by atomic mass is 10.2. The fraction of sp³-hybridized carbons (Fsp3) is 0.333. The van der Waals surface area contributed by atoms with Gasteiger partial charge < -0.3 is 20.0 Å². The van der Waals surface area contributed by atoms with E-state index in [-0.39, 0.29) is 17.9 Å². The highest BCUT2D eigenvalue weighted by Gasteiger charge is 2.12. The lowest BCUT2D eigenvalue weighted by molar-refractivity contribution is 0.0692. The first-order chi connectivity index (χ1) is 8.04. The van der Waals surface area contributed by atoms with Gasteiger partial charge in [0.25, 0.3) is 0 Å². The largest absolute Gasteiger partial charge is 0.493 e. The summed E-state index contributed by atoms with van der Waals surface area (Å²) in [5.74, 6) is -0.270. The van der Waals surface area contributed by atoms with Gasteiger partial charge in [0.1, 0.15) is 23.7 Å². The normalized spacial score (nSPS) is 9.76. The Morgan fingerprint density at radius 2 is 2.12 bits per heavy atom. The molecule has 0 aliphatic rings. The summed E-state index contributed by atoms with van der Waals surface area (Å²) in [5, 5.41) is 16.2. The fourth-order valence-electron chi connectivity index (χ4n) is 1.24. The van der Waals surface area contributed by atoms with E-state index < -0.39 is 5.97 Å². The van der Waals surface area contributed by atoms with Crippen LogP contribution in [0.3, 0.4) is 0 Å². The fourth-order valence-corrected chi connectivity index (χ4v) is 1.24. The van der Waals surface area contributed by atoms with Gasteiger partial charge in [0, 0.05) is 11.8 Å². The maximum atomic E-state index is 10.9. The van der Waals surface area contributed by atoms with Gasteiger partial charge in [-0.25, -0.2) is 4.79 Å². The molecule has 0 heterocycles. The van der Waals surface area contributed by atoms with Crippen molar-refractivity contribution in [3.8, 4) is 11.5 Å². The minimum Gasteiger partial charge on any atom is -0.493 e. The van der Waals surface area contributed by atoms with E-state index in [0.29, 0.717) is 18.1 Å². The number of carboxylic acids is 1. The van der Waals surface area contributed by atoms with Crippen molar-refractivity contribution in [3.05, 3.63) is 23.8 Å². The Morgan fingerprint density at radius 3 is 2.65 bits per heavy atom. The van der Waals surface area contributed by atoms with Crippen molar-refractivity contribution >= 4 is 11.7 Å². The van der Waals surface area contributed by atoms with Crippen LogP contribution >= 0.6 is 0 Å². The first-order valence-electron chi connectivity index (χ1n) is 5.21. The Morgan fingerprint density at radius 1 is 1.41 bits per heavy atom. The Balaban J connectivity index is 2.92. The third-order valence-electron chi connectivity index (χ3n) is 1.94. The average molecular weight is 237 g/mol. The third-order valence-corrected chi connectivity index (χ3v) is 1.94. The molecular formula is C12H15NO4. The highest BCUT2D eigenvalue weighted by atomic mass is 16.5. The van der Waals surface area contributed by atoms with Crippen LogP contribution in [0.1, 0.15) is 24.2 Å². The van der Waals surface area contributed by atoms with Crippen molar-refractivity contribution in [2.24, 2.45) is 0 Å². The van der Waals surface area contributed by atoms with Gasteiger partial charge in [-0.2, -0.15) is 0 Å². The predicted octanol–water partition coefficient (Wildman–Crippen LogP) is 2.20. The Kier molecular flexibility index (Phi) is 4.51. The van der Waals surface area contributed by atoms with E-state index in [4.69, 9.17) is 20.0 Å². The number of nitrogens with one attached hydrogen (secondary N) is 1. The molecule has 92 valence electrons. The number of carboxylic acid groups (broad SMARTS) is 1. The van der Waals surface area contributed by atoms with Gasteiger partial charge in [-0.15, -0.1) is 0 Å². The van der Waals surface area contributed by atoms with E-state index >= 15 is 0 Å². The van der Waals surface area contributed by atoms with Crippen LogP contribution in [-0.4, -0.2) is 30.0 Å². The zero-order valence-corrected chi connectivity index (χ0v) is 9.82. The third kappa shape index (κ3) is 3.79. The van der Waals surface area contributed by atoms with Gasteiger partial charge in [0.15, 0.2) is 0 Å². The lowest BCUT2D eigenvalue weighted by Crippen LogP contribution is -2.07. The molecule has 0 aliphatic carbocycles. The molecule has 0 fully saturated rings. The van der Waals surface area contributed by atoms with Gasteiger partial charge >= 0.3 is 5.97 Å². The zero-order chi connectivity index (χ0) is 12.8. The quantitative estimate of drug-likeness (QED) is 0.743. The number of carbonyl (C=O) groups is 1. The molecule has 0 amide bonds. The molecule has 0 atom stereocenters. The van der Waals surface area contributed by atoms with Crippen molar-refractivity contribution in [1.29, 1.82) is 5.41 Å². The molecule has 0 radical (unpaired) electrons. The molecule has 0 saturated carbocycles. The molecule has 1 aromatic carbocycles. The SMILES string of the molecule is CCOc1cc(OCC(C)=N)ccc1C(=O)O. The molecule has 0 aromatic heterocycles. The van der Waals surface area contributed by atoms with E-state index in [1.54, 1.807) is 19.9 Å². The van der Waals surface area contributed by atoms with Crippen LogP contribution < -0.4 is 9.47 Å². The number of benzene rings is 1. The molecule has 0 aliphatic heterocycles. The van der Waals surface area contributed by atoms with Crippen LogP contribution in [0.5, 0.6) is 11.5 Å². The average Bonchev–Trinajstić information content (AvgIpc) is 2.26. The van der Waals surface area contributed by atoms with Crippen LogP contribution in [0.15, 0.2) is 18.2 Å². The number of hydrogen-bond donors (Lipinski definition) is 2. The summed E-state index contributed by atoms with van der Waals surface area (Å²) in [7, 11) is 0. The van der Waals surface area contributed by atoms with Crippen molar-refractivity contribution in [3.63, 3.8) is 0 Å². The maximum Gasteiger partial charge on any atom is 0.339 e. The van der Waals surface area contributed by atoms with Gasteiger partial charge in [0.2, 0.25) is 0 Å². The van der Waals surface area contributed by atoms with Crippen molar-refractivity contribution in [2.75, 3.05) is 13.2 Å². The Labute approximate surface area is 99.5 Å². The van der Waals surface area contributed by atoms with E-state index in [9.17, 15) is 4.79 Å². The standard InChI is InChI=1S/C12H15NO4/c1-3-16-11-6-9(17-7-8(2)13)4-5-10(11)12(14)15/h4-6,13H,3,7H2,1-2H3,(H,14,15). The van der Waals surface area contributed by atoms with Gasteiger partial charge in [-0.05, 0) is 26.0 Å². The number of rotatable bonds is 6. The molecule has 0 unspecified atom stereocenters. The molecule has 0 bridgehead atoms. The molecular weight excluding hydrogens is 222 g/mol. The molecule has 17 heavy (non-hydrogen) atoms. The molecule has 1 aromatic rings. The minimum atomic E-state index is -1.04. The molecule has 0 spiro atoms. The van der Waals surface area contributed by atoms with Gasteiger partial charge in [-0.1, -0.05) is 0 Å². The van der Waals surface area contributed by atoms with Crippen LogP contribution in [0, 0.1) is 5.41 Å². The summed E-state index contributed by atoms with van der Waals surface area (Å²) in [4.78, 5) is 10.9. The van der Waals surface area contributed by atoms with Crippen molar-refractivity contribution in [2.45, 2.75) is 13.8 Å². The molecule has 5 nitrogen and oxygen atoms in total. The second-order valence-electron chi connectivity index (χ2n) is 3.47. The summed E-state index contributed by atoms with van der Waals surface area (Å²) in [6, 6.07) is 4.51. The molecule has 2 N–H and O–H groups in total. The topological polar surface area (TPSA) is 79.6 Å². The second-order valence-corrected chi connectivity index (χ2v) is 3.47. The monoisotopic (exact) mass is 237 g/mol. The van der Waals surface area contributed by atoms with Crippen LogP contribution in [0.4, 0.5) is 0 Å². The second kappa shape index (κ2) is 5.89. The highest BCUT2D eigenvalue weighted by Crippen LogP contribution is 2.25. The molecule has 0 saturated heterocycles. The summed E-state index contributed by atoms with van der Waals surface area (Å²) in [6.07, 6.45) is 0. The van der Waals surface area contributed by atoms with Crippen molar-refractivity contribution < 1.29 is 19.4 Å². The van der Waals surface area contributed by atoms with Crippen LogP contribution in [0.2, 0.25) is 0 Å². The summed E-state index contributed by atoms with van der Waals surface area (Å²) in [5.41, 5.74) is 0.496. The van der Waals surface area contributed by atoms with E-state index in [1.165, 1.54) is 12.1 Å². The highest BCUT2D eigenvalue weighted by molar-refractivity contribution is 5.91. The van der Waals surface area contributed by atoms with Gasteiger partial charge in [0.05, 0.1) is 6.61 Å². The number of hydrogen-bond acceptors (Lipinski definition) is 4. The number of aromatic carboxylic acids is 1. The first kappa shape index (κ1) is 13.0. The minimum absolute atomic E-state index is 0.103. The smallest absolute Gasteiger partial charge is 0.339 e. The van der Waals surface area contributed by atoms with E-state index in [0.717, 1.165) is 0 Å². The molecule has 5 heteroatoms. The maximum absolute atomic E-state index is 10.9. The van der Waals surface area contributed by atoms with Gasteiger partial charge in [-0.3, -0.25) is 0 Å². The molecule has 1 rings (SSSR count).